The van der Waals surface area contributed by atoms with Crippen molar-refractivity contribution in [3.05, 3.63) is 0 Å². The highest BCUT2D eigenvalue weighted by atomic mass is 19.3. The highest BCUT2D eigenvalue weighted by molar-refractivity contribution is 5.71. The highest BCUT2D eigenvalue weighted by Gasteiger charge is 2.02. The van der Waals surface area contributed by atoms with Gasteiger partial charge in [-0.15, -0.1) is 0 Å². The van der Waals surface area contributed by atoms with Gasteiger partial charge in [0, 0.05) is 6.54 Å². The summed E-state index contributed by atoms with van der Waals surface area (Å²) >= 11 is 0. The van der Waals surface area contributed by atoms with Gasteiger partial charge in [-0.25, -0.2) is 8.78 Å². The fourth-order valence-electron chi connectivity index (χ4n) is 0.719. The maximum atomic E-state index is 11.6. The molecule has 6 heteroatoms. The summed E-state index contributed by atoms with van der Waals surface area (Å²) in [6.45, 7) is 2.06. The molecule has 14 heavy (non-hydrogen) atoms. The molecule has 0 rings (SSSR count). The molecule has 84 valence electrons. The second-order valence-electron chi connectivity index (χ2n) is 2.45. The maximum Gasteiger partial charge on any atom is 0.319 e. The lowest BCUT2D eigenvalue weighted by molar-refractivity contribution is -0.142. The zero-order chi connectivity index (χ0) is 10.8. The Hall–Kier alpha value is -0.750. The van der Waals surface area contributed by atoms with Crippen LogP contribution in [0.15, 0.2) is 0 Å². The van der Waals surface area contributed by atoms with E-state index >= 15 is 0 Å². The quantitative estimate of drug-likeness (QED) is 0.467. The van der Waals surface area contributed by atoms with Crippen LogP contribution in [-0.4, -0.2) is 45.3 Å². The minimum absolute atomic E-state index is 0.0753. The van der Waals surface area contributed by atoms with E-state index in [0.717, 1.165) is 0 Å². The molecule has 0 spiro atoms. The topological polar surface area (TPSA) is 47.6 Å². The molecule has 0 aromatic carbocycles. The third-order valence-corrected chi connectivity index (χ3v) is 1.24. The van der Waals surface area contributed by atoms with Crippen molar-refractivity contribution >= 4 is 5.97 Å². The van der Waals surface area contributed by atoms with Gasteiger partial charge >= 0.3 is 5.97 Å². The molecule has 0 atom stereocenters. The number of ether oxygens (including phenoxy) is 2. The summed E-state index contributed by atoms with van der Waals surface area (Å²) in [4.78, 5) is 10.7. The fourth-order valence-corrected chi connectivity index (χ4v) is 0.719. The molecule has 0 aromatic heterocycles. The predicted octanol–water partition coefficient (Wildman–Crippen LogP) is 0.421. The van der Waals surface area contributed by atoms with Crippen LogP contribution in [0.25, 0.3) is 0 Å². The second kappa shape index (κ2) is 8.83. The van der Waals surface area contributed by atoms with E-state index in [1.54, 1.807) is 6.92 Å². The van der Waals surface area contributed by atoms with E-state index in [2.05, 4.69) is 14.8 Å². The standard InChI is InChI=1S/C8H15F2NO3/c1-2-14-8(12)5-11-3-4-13-6-7(9)10/h7,11H,2-6H2,1H3. The van der Waals surface area contributed by atoms with Crippen LogP contribution < -0.4 is 5.32 Å². The van der Waals surface area contributed by atoms with E-state index in [9.17, 15) is 13.6 Å². The molecule has 0 amide bonds. The SMILES string of the molecule is CCOC(=O)CNCCOCC(F)F. The molecule has 0 aliphatic rings. The van der Waals surface area contributed by atoms with Crippen LogP contribution in [0, 0.1) is 0 Å². The Kier molecular flexibility index (Phi) is 8.36. The van der Waals surface area contributed by atoms with E-state index in [4.69, 9.17) is 0 Å². The van der Waals surface area contributed by atoms with Gasteiger partial charge in [-0.2, -0.15) is 0 Å². The number of carbonyl (C=O) groups is 1. The molecule has 0 fully saturated rings. The van der Waals surface area contributed by atoms with Gasteiger partial charge in [0.15, 0.2) is 0 Å². The van der Waals surface area contributed by atoms with E-state index in [0.29, 0.717) is 13.2 Å². The van der Waals surface area contributed by atoms with Crippen molar-refractivity contribution in [3.63, 3.8) is 0 Å². The predicted molar refractivity (Wildman–Crippen MR) is 46.3 cm³/mol. The number of rotatable bonds is 8. The van der Waals surface area contributed by atoms with Gasteiger partial charge in [-0.05, 0) is 6.92 Å². The Morgan fingerprint density at radius 2 is 2.21 bits per heavy atom. The first-order valence-electron chi connectivity index (χ1n) is 4.39. The van der Waals surface area contributed by atoms with E-state index in [-0.39, 0.29) is 19.1 Å². The normalized spacial score (nSPS) is 10.6. The molecular weight excluding hydrogens is 196 g/mol. The van der Waals surface area contributed by atoms with E-state index in [1.807, 2.05) is 0 Å². The lowest BCUT2D eigenvalue weighted by atomic mass is 10.6. The summed E-state index contributed by atoms with van der Waals surface area (Å²) in [5, 5.41) is 2.70. The van der Waals surface area contributed by atoms with Crippen LogP contribution in [0.5, 0.6) is 0 Å². The Morgan fingerprint density at radius 3 is 2.79 bits per heavy atom. The minimum atomic E-state index is -2.44. The molecular formula is C8H15F2NO3. The lowest BCUT2D eigenvalue weighted by Crippen LogP contribution is -2.28. The number of halogens is 2. The molecule has 1 N–H and O–H groups in total. The monoisotopic (exact) mass is 211 g/mol. The van der Waals surface area contributed by atoms with Crippen molar-refractivity contribution in [2.24, 2.45) is 0 Å². The Labute approximate surface area is 81.6 Å². The van der Waals surface area contributed by atoms with E-state index < -0.39 is 13.0 Å². The van der Waals surface area contributed by atoms with Gasteiger partial charge in [-0.3, -0.25) is 4.79 Å². The molecule has 0 bridgehead atoms. The summed E-state index contributed by atoms with van der Waals surface area (Å²) in [6, 6.07) is 0. The Morgan fingerprint density at radius 1 is 1.50 bits per heavy atom. The smallest absolute Gasteiger partial charge is 0.319 e. The van der Waals surface area contributed by atoms with Crippen molar-refractivity contribution in [1.29, 1.82) is 0 Å². The van der Waals surface area contributed by atoms with Gasteiger partial charge in [0.05, 0.1) is 19.8 Å². The summed E-state index contributed by atoms with van der Waals surface area (Å²) in [6.07, 6.45) is -2.44. The summed E-state index contributed by atoms with van der Waals surface area (Å²) in [5.74, 6) is -0.360. The molecule has 0 saturated carbocycles. The molecule has 0 saturated heterocycles. The van der Waals surface area contributed by atoms with Gasteiger partial charge in [0.25, 0.3) is 6.43 Å². The second-order valence-corrected chi connectivity index (χ2v) is 2.45. The third kappa shape index (κ3) is 9.34. The summed E-state index contributed by atoms with van der Waals surface area (Å²) in [7, 11) is 0. The zero-order valence-corrected chi connectivity index (χ0v) is 8.09. The van der Waals surface area contributed by atoms with Gasteiger partial charge in [0.2, 0.25) is 0 Å². The first-order valence-corrected chi connectivity index (χ1v) is 4.39. The first kappa shape index (κ1) is 13.2. The van der Waals surface area contributed by atoms with E-state index in [1.165, 1.54) is 0 Å². The summed E-state index contributed by atoms with van der Waals surface area (Å²) < 4.78 is 32.3. The Bertz CT molecular complexity index is 156. The minimum Gasteiger partial charge on any atom is -0.465 e. The Balaban J connectivity index is 3.09. The number of nitrogens with one attached hydrogen (secondary N) is 1. The third-order valence-electron chi connectivity index (χ3n) is 1.24. The van der Waals surface area contributed by atoms with Crippen molar-refractivity contribution < 1.29 is 23.0 Å². The molecule has 0 aliphatic carbocycles. The molecule has 0 radical (unpaired) electrons. The number of esters is 1. The maximum absolute atomic E-state index is 11.6. The lowest BCUT2D eigenvalue weighted by Gasteiger charge is -2.05. The van der Waals surface area contributed by atoms with Gasteiger partial charge in [0.1, 0.15) is 6.61 Å². The van der Waals surface area contributed by atoms with Crippen molar-refractivity contribution in [2.75, 3.05) is 32.9 Å². The van der Waals surface area contributed by atoms with Gasteiger partial charge < -0.3 is 14.8 Å². The van der Waals surface area contributed by atoms with Crippen LogP contribution in [0.4, 0.5) is 8.78 Å². The van der Waals surface area contributed by atoms with Crippen LogP contribution in [0.2, 0.25) is 0 Å². The van der Waals surface area contributed by atoms with Crippen LogP contribution in [0.3, 0.4) is 0 Å². The largest absolute Gasteiger partial charge is 0.465 e. The first-order chi connectivity index (χ1) is 6.66. The number of hydrogen-bond acceptors (Lipinski definition) is 4. The average molecular weight is 211 g/mol. The average Bonchev–Trinajstić information content (AvgIpc) is 2.11. The molecule has 0 unspecified atom stereocenters. The van der Waals surface area contributed by atoms with Crippen molar-refractivity contribution in [2.45, 2.75) is 13.3 Å². The molecule has 0 heterocycles. The van der Waals surface area contributed by atoms with Crippen molar-refractivity contribution in [1.82, 2.24) is 5.32 Å². The van der Waals surface area contributed by atoms with Gasteiger partial charge in [-0.1, -0.05) is 0 Å². The highest BCUT2D eigenvalue weighted by Crippen LogP contribution is 1.91. The summed E-state index contributed by atoms with van der Waals surface area (Å²) in [5.41, 5.74) is 0. The number of alkyl halides is 2. The molecule has 0 aliphatic heterocycles. The number of hydrogen-bond donors (Lipinski definition) is 1. The molecule has 4 nitrogen and oxygen atoms in total. The zero-order valence-electron chi connectivity index (χ0n) is 8.09. The number of carbonyl (C=O) groups excluding carboxylic acids is 1. The van der Waals surface area contributed by atoms with Crippen LogP contribution >= 0.6 is 0 Å². The van der Waals surface area contributed by atoms with Crippen LogP contribution in [-0.2, 0) is 14.3 Å². The molecule has 0 aromatic rings. The van der Waals surface area contributed by atoms with Crippen LogP contribution in [0.1, 0.15) is 6.92 Å². The van der Waals surface area contributed by atoms with Crippen molar-refractivity contribution in [3.8, 4) is 0 Å². The fraction of sp³-hybridized carbons (Fsp3) is 0.875.